The fourth-order valence-corrected chi connectivity index (χ4v) is 0.739. The van der Waals surface area contributed by atoms with Crippen molar-refractivity contribution >= 4 is 12.0 Å². The van der Waals surface area contributed by atoms with Gasteiger partial charge in [-0.1, -0.05) is 0 Å². The van der Waals surface area contributed by atoms with Crippen LogP contribution in [0.5, 0.6) is 11.6 Å². The molecule has 0 fully saturated rings. The Labute approximate surface area is 84.9 Å². The van der Waals surface area contributed by atoms with Crippen molar-refractivity contribution in [2.75, 3.05) is 6.54 Å². The van der Waals surface area contributed by atoms with Gasteiger partial charge in [-0.2, -0.15) is 0 Å². The summed E-state index contributed by atoms with van der Waals surface area (Å²) in [6.07, 6.45) is 0.284. The molecule has 1 rings (SSSR count). The number of carbonyl (C=O) groups is 2. The number of ether oxygens (including phenoxy) is 1. The maximum Gasteiger partial charge on any atom is 0.420 e. The van der Waals surface area contributed by atoms with Crippen LogP contribution in [0.2, 0.25) is 0 Å². The molecule has 0 aliphatic heterocycles. The summed E-state index contributed by atoms with van der Waals surface area (Å²) in [7, 11) is 0. The molecule has 80 valence electrons. The van der Waals surface area contributed by atoms with Gasteiger partial charge in [-0.05, 0) is 12.1 Å². The van der Waals surface area contributed by atoms with E-state index in [4.69, 9.17) is 5.73 Å². The molecular weight excluding hydrogens is 202 g/mol. The van der Waals surface area contributed by atoms with Gasteiger partial charge in [0, 0.05) is 6.20 Å². The van der Waals surface area contributed by atoms with Gasteiger partial charge < -0.3 is 15.6 Å². The summed E-state index contributed by atoms with van der Waals surface area (Å²) in [5.41, 5.74) is 4.96. The lowest BCUT2D eigenvalue weighted by molar-refractivity contribution is -0.118. The summed E-state index contributed by atoms with van der Waals surface area (Å²) >= 11 is 0. The fourth-order valence-electron chi connectivity index (χ4n) is 0.739. The lowest BCUT2D eigenvalue weighted by Gasteiger charge is -2.04. The first kappa shape index (κ1) is 10.9. The van der Waals surface area contributed by atoms with Gasteiger partial charge in [-0.15, -0.1) is 0 Å². The fraction of sp³-hybridized carbons (Fsp3) is 0.125. The third-order valence-corrected chi connectivity index (χ3v) is 1.37. The summed E-state index contributed by atoms with van der Waals surface area (Å²) in [4.78, 5) is 25.2. The van der Waals surface area contributed by atoms with Crippen LogP contribution >= 0.6 is 0 Å². The van der Waals surface area contributed by atoms with Gasteiger partial charge in [-0.3, -0.25) is 10.1 Å². The number of hydrogen-bond acceptors (Lipinski definition) is 6. The molecule has 15 heavy (non-hydrogen) atoms. The molecule has 0 aliphatic rings. The molecule has 1 aromatic heterocycles. The Kier molecular flexibility index (Phi) is 3.58. The average molecular weight is 211 g/mol. The van der Waals surface area contributed by atoms with E-state index in [1.54, 1.807) is 0 Å². The Morgan fingerprint density at radius 2 is 2.33 bits per heavy atom. The Bertz CT molecular complexity index is 380. The van der Waals surface area contributed by atoms with E-state index >= 15 is 0 Å². The van der Waals surface area contributed by atoms with E-state index in [0.29, 0.717) is 0 Å². The van der Waals surface area contributed by atoms with Crippen LogP contribution < -0.4 is 15.8 Å². The minimum atomic E-state index is -1.04. The Morgan fingerprint density at radius 3 is 2.93 bits per heavy atom. The molecule has 0 bridgehead atoms. The van der Waals surface area contributed by atoms with E-state index in [9.17, 15) is 14.7 Å². The third kappa shape index (κ3) is 3.24. The highest BCUT2D eigenvalue weighted by molar-refractivity contribution is 5.93. The van der Waals surface area contributed by atoms with Crippen molar-refractivity contribution in [1.29, 1.82) is 0 Å². The first-order valence-electron chi connectivity index (χ1n) is 3.99. The van der Waals surface area contributed by atoms with Crippen molar-refractivity contribution in [3.05, 3.63) is 18.3 Å². The number of aromatic hydroxyl groups is 1. The molecule has 0 spiro atoms. The molecule has 2 amide bonds. The van der Waals surface area contributed by atoms with Crippen molar-refractivity contribution < 1.29 is 19.4 Å². The van der Waals surface area contributed by atoms with Crippen LogP contribution in [-0.4, -0.2) is 28.6 Å². The minimum absolute atomic E-state index is 0.278. The molecule has 0 unspecified atom stereocenters. The Morgan fingerprint density at radius 1 is 1.60 bits per heavy atom. The predicted octanol–water partition coefficient (Wildman–Crippen LogP) is -0.639. The van der Waals surface area contributed by atoms with Crippen LogP contribution in [0.1, 0.15) is 0 Å². The van der Waals surface area contributed by atoms with Gasteiger partial charge in [0.25, 0.3) is 5.88 Å². The molecule has 0 aromatic carbocycles. The highest BCUT2D eigenvalue weighted by Gasteiger charge is 2.11. The Hall–Kier alpha value is -2.15. The predicted molar refractivity (Wildman–Crippen MR) is 49.1 cm³/mol. The van der Waals surface area contributed by atoms with Crippen molar-refractivity contribution in [3.8, 4) is 11.6 Å². The molecule has 0 atom stereocenters. The van der Waals surface area contributed by atoms with E-state index in [2.05, 4.69) is 9.72 Å². The summed E-state index contributed by atoms with van der Waals surface area (Å²) in [5, 5.41) is 11.0. The second-order valence-electron chi connectivity index (χ2n) is 2.47. The van der Waals surface area contributed by atoms with Crippen LogP contribution in [0.25, 0.3) is 0 Å². The van der Waals surface area contributed by atoms with Crippen molar-refractivity contribution in [3.63, 3.8) is 0 Å². The molecule has 0 saturated heterocycles. The van der Waals surface area contributed by atoms with Gasteiger partial charge in [0.15, 0.2) is 5.75 Å². The molecule has 4 N–H and O–H groups in total. The van der Waals surface area contributed by atoms with Crippen LogP contribution in [0.3, 0.4) is 0 Å². The molecular formula is C8H9N3O4. The van der Waals surface area contributed by atoms with Crippen LogP contribution in [0, 0.1) is 0 Å². The van der Waals surface area contributed by atoms with E-state index in [1.807, 2.05) is 5.32 Å². The molecule has 0 saturated carbocycles. The van der Waals surface area contributed by atoms with Crippen molar-refractivity contribution in [1.82, 2.24) is 10.3 Å². The van der Waals surface area contributed by atoms with Gasteiger partial charge in [0.2, 0.25) is 5.91 Å². The van der Waals surface area contributed by atoms with Crippen LogP contribution in [0.15, 0.2) is 18.3 Å². The first-order valence-corrected chi connectivity index (χ1v) is 3.99. The lowest BCUT2D eigenvalue weighted by Crippen LogP contribution is -2.37. The molecule has 1 heterocycles. The van der Waals surface area contributed by atoms with Crippen LogP contribution in [-0.2, 0) is 4.79 Å². The summed E-state index contributed by atoms with van der Waals surface area (Å²) in [6, 6.07) is 2.76. The monoisotopic (exact) mass is 211 g/mol. The second-order valence-corrected chi connectivity index (χ2v) is 2.47. The maximum absolute atomic E-state index is 11.0. The second kappa shape index (κ2) is 4.91. The molecule has 7 nitrogen and oxygen atoms in total. The number of hydrogen-bond donors (Lipinski definition) is 3. The number of imide groups is 1. The zero-order chi connectivity index (χ0) is 11.3. The van der Waals surface area contributed by atoms with Crippen LogP contribution in [0.4, 0.5) is 4.79 Å². The van der Waals surface area contributed by atoms with E-state index in [1.165, 1.54) is 18.3 Å². The van der Waals surface area contributed by atoms with E-state index in [0.717, 1.165) is 0 Å². The smallest absolute Gasteiger partial charge is 0.420 e. The largest absolute Gasteiger partial charge is 0.503 e. The molecule has 0 aliphatic carbocycles. The number of carbonyl (C=O) groups excluding carboxylic acids is 2. The SMILES string of the molecule is NCC(=O)NC(=O)Oc1ncccc1O. The van der Waals surface area contributed by atoms with E-state index < -0.39 is 12.0 Å². The third-order valence-electron chi connectivity index (χ3n) is 1.37. The molecule has 7 heteroatoms. The maximum atomic E-state index is 11.0. The zero-order valence-corrected chi connectivity index (χ0v) is 7.64. The summed E-state index contributed by atoms with van der Waals surface area (Å²) < 4.78 is 4.53. The van der Waals surface area contributed by atoms with Gasteiger partial charge in [0.05, 0.1) is 6.54 Å². The number of aromatic nitrogens is 1. The normalized spacial score (nSPS) is 9.40. The highest BCUT2D eigenvalue weighted by atomic mass is 16.6. The van der Waals surface area contributed by atoms with Gasteiger partial charge in [-0.25, -0.2) is 9.78 Å². The number of amides is 2. The molecule has 0 radical (unpaired) electrons. The Balaban J connectivity index is 2.59. The zero-order valence-electron chi connectivity index (χ0n) is 7.64. The van der Waals surface area contributed by atoms with Gasteiger partial charge in [0.1, 0.15) is 0 Å². The number of rotatable bonds is 2. The minimum Gasteiger partial charge on any atom is -0.503 e. The van der Waals surface area contributed by atoms with Crippen molar-refractivity contribution in [2.45, 2.75) is 0 Å². The lowest BCUT2D eigenvalue weighted by atomic mass is 10.4. The average Bonchev–Trinajstić information content (AvgIpc) is 2.21. The number of nitrogens with one attached hydrogen (secondary N) is 1. The number of nitrogens with two attached hydrogens (primary N) is 1. The number of pyridine rings is 1. The summed E-state index contributed by atoms with van der Waals surface area (Å²) in [5.74, 6) is -1.26. The first-order chi connectivity index (χ1) is 7.13. The topological polar surface area (TPSA) is 115 Å². The summed E-state index contributed by atoms with van der Waals surface area (Å²) in [6.45, 7) is -0.330. The molecule has 1 aromatic rings. The highest BCUT2D eigenvalue weighted by Crippen LogP contribution is 2.20. The van der Waals surface area contributed by atoms with Gasteiger partial charge >= 0.3 is 6.09 Å². The van der Waals surface area contributed by atoms with Crippen molar-refractivity contribution in [2.24, 2.45) is 5.73 Å². The standard InChI is InChI=1S/C8H9N3O4/c9-4-6(13)11-8(14)15-7-5(12)2-1-3-10-7/h1-3,12H,4,9H2,(H,11,13,14). The quantitative estimate of drug-likeness (QED) is 0.599. The number of nitrogens with zero attached hydrogens (tertiary/aromatic N) is 1. The van der Waals surface area contributed by atoms with E-state index in [-0.39, 0.29) is 18.2 Å².